The number of rotatable bonds is 7. The Bertz CT molecular complexity index is 823. The molecule has 1 aromatic heterocycles. The quantitative estimate of drug-likeness (QED) is 0.625. The van der Waals surface area contributed by atoms with Gasteiger partial charge in [-0.05, 0) is 47.9 Å². The molecule has 0 saturated heterocycles. The van der Waals surface area contributed by atoms with E-state index in [0.29, 0.717) is 6.42 Å². The number of anilines is 1. The van der Waals surface area contributed by atoms with Crippen molar-refractivity contribution in [3.05, 3.63) is 90.3 Å². The van der Waals surface area contributed by atoms with Gasteiger partial charge in [0.2, 0.25) is 5.91 Å². The van der Waals surface area contributed by atoms with Crippen molar-refractivity contribution < 1.29 is 4.79 Å². The van der Waals surface area contributed by atoms with E-state index in [1.54, 1.807) is 24.2 Å². The first kappa shape index (κ1) is 18.2. The van der Waals surface area contributed by atoms with Crippen LogP contribution in [0.1, 0.15) is 11.1 Å². The highest BCUT2D eigenvalue weighted by molar-refractivity contribution is 7.98. The maximum absolute atomic E-state index is 12.3. The number of thioether (sulfide) groups is 1. The van der Waals surface area contributed by atoms with E-state index >= 15 is 0 Å². The van der Waals surface area contributed by atoms with E-state index < -0.39 is 6.04 Å². The molecule has 0 aliphatic rings. The monoisotopic (exact) mass is 363 g/mol. The van der Waals surface area contributed by atoms with Gasteiger partial charge in [0.25, 0.3) is 0 Å². The first-order chi connectivity index (χ1) is 12.7. The molecular weight excluding hydrogens is 342 g/mol. The molecule has 3 N–H and O–H groups in total. The van der Waals surface area contributed by atoms with Crippen LogP contribution in [0.2, 0.25) is 0 Å². The predicted octanol–water partition coefficient (Wildman–Crippen LogP) is 3.88. The SMILES string of the molecule is NC(Cc1cccnc1)C(=O)Nc1ccc(SCc2ccccc2)cc1. The summed E-state index contributed by atoms with van der Waals surface area (Å²) in [7, 11) is 0. The van der Waals surface area contributed by atoms with Gasteiger partial charge in [0.15, 0.2) is 0 Å². The van der Waals surface area contributed by atoms with E-state index in [9.17, 15) is 4.79 Å². The summed E-state index contributed by atoms with van der Waals surface area (Å²) in [5.74, 6) is 0.723. The van der Waals surface area contributed by atoms with Gasteiger partial charge >= 0.3 is 0 Å². The van der Waals surface area contributed by atoms with Crippen LogP contribution in [0.25, 0.3) is 0 Å². The first-order valence-corrected chi connectivity index (χ1v) is 9.41. The Morgan fingerprint density at radius 3 is 2.42 bits per heavy atom. The lowest BCUT2D eigenvalue weighted by molar-refractivity contribution is -0.117. The van der Waals surface area contributed by atoms with Crippen LogP contribution in [0.3, 0.4) is 0 Å². The minimum absolute atomic E-state index is 0.196. The van der Waals surface area contributed by atoms with E-state index in [0.717, 1.165) is 21.9 Å². The summed E-state index contributed by atoms with van der Waals surface area (Å²) < 4.78 is 0. The maximum Gasteiger partial charge on any atom is 0.241 e. The molecular formula is C21H21N3OS. The molecule has 0 aliphatic heterocycles. The Morgan fingerprint density at radius 1 is 1.00 bits per heavy atom. The van der Waals surface area contributed by atoms with Crippen molar-refractivity contribution in [2.24, 2.45) is 5.73 Å². The summed E-state index contributed by atoms with van der Waals surface area (Å²) >= 11 is 1.76. The number of carbonyl (C=O) groups excluding carboxylic acids is 1. The van der Waals surface area contributed by atoms with Crippen LogP contribution in [0.5, 0.6) is 0 Å². The maximum atomic E-state index is 12.3. The normalized spacial score (nSPS) is 11.7. The van der Waals surface area contributed by atoms with Crippen molar-refractivity contribution in [3.63, 3.8) is 0 Å². The standard InChI is InChI=1S/C21H21N3OS/c22-20(13-17-7-4-12-23-14-17)21(25)24-18-8-10-19(11-9-18)26-15-16-5-2-1-3-6-16/h1-12,14,20H,13,15,22H2,(H,24,25). The Labute approximate surface area is 157 Å². The lowest BCUT2D eigenvalue weighted by atomic mass is 10.1. The second kappa shape index (κ2) is 9.17. The van der Waals surface area contributed by atoms with Crippen molar-refractivity contribution in [2.75, 3.05) is 5.32 Å². The van der Waals surface area contributed by atoms with Crippen LogP contribution in [0.15, 0.2) is 84.0 Å². The third-order valence-electron chi connectivity index (χ3n) is 3.89. The van der Waals surface area contributed by atoms with Gasteiger partial charge in [-0.15, -0.1) is 11.8 Å². The average molecular weight is 363 g/mol. The van der Waals surface area contributed by atoms with Crippen LogP contribution in [-0.4, -0.2) is 16.9 Å². The molecule has 1 unspecified atom stereocenters. The third kappa shape index (κ3) is 5.44. The zero-order valence-corrected chi connectivity index (χ0v) is 15.2. The number of nitrogens with zero attached hydrogens (tertiary/aromatic N) is 1. The summed E-state index contributed by atoms with van der Waals surface area (Å²) in [5, 5.41) is 2.87. The molecule has 0 spiro atoms. The highest BCUT2D eigenvalue weighted by atomic mass is 32.2. The summed E-state index contributed by atoms with van der Waals surface area (Å²) in [6, 6.07) is 21.3. The van der Waals surface area contributed by atoms with Crippen LogP contribution in [0.4, 0.5) is 5.69 Å². The smallest absolute Gasteiger partial charge is 0.241 e. The third-order valence-corrected chi connectivity index (χ3v) is 4.97. The van der Waals surface area contributed by atoms with E-state index in [2.05, 4.69) is 22.4 Å². The van der Waals surface area contributed by atoms with Crippen LogP contribution >= 0.6 is 11.8 Å². The number of pyridine rings is 1. The molecule has 1 atom stereocenters. The van der Waals surface area contributed by atoms with E-state index in [4.69, 9.17) is 5.73 Å². The molecule has 0 fully saturated rings. The number of amides is 1. The van der Waals surface area contributed by atoms with Gasteiger partial charge in [-0.1, -0.05) is 36.4 Å². The van der Waals surface area contributed by atoms with E-state index in [-0.39, 0.29) is 5.91 Å². The minimum atomic E-state index is -0.605. The van der Waals surface area contributed by atoms with E-state index in [1.165, 1.54) is 5.56 Å². The predicted molar refractivity (Wildman–Crippen MR) is 107 cm³/mol. The fraction of sp³-hybridized carbons (Fsp3) is 0.143. The Kier molecular flexibility index (Phi) is 6.41. The highest BCUT2D eigenvalue weighted by Gasteiger charge is 2.14. The van der Waals surface area contributed by atoms with Crippen LogP contribution in [0, 0.1) is 0 Å². The summed E-state index contributed by atoms with van der Waals surface area (Å²) in [4.78, 5) is 17.5. The summed E-state index contributed by atoms with van der Waals surface area (Å²) in [6.07, 6.45) is 3.89. The molecule has 0 aliphatic carbocycles. The van der Waals surface area contributed by atoms with Crippen molar-refractivity contribution in [1.29, 1.82) is 0 Å². The van der Waals surface area contributed by atoms with Gasteiger partial charge in [-0.2, -0.15) is 0 Å². The second-order valence-corrected chi connectivity index (χ2v) is 7.01. The van der Waals surface area contributed by atoms with Crippen LogP contribution < -0.4 is 11.1 Å². The van der Waals surface area contributed by atoms with Crippen molar-refractivity contribution >= 4 is 23.4 Å². The lowest BCUT2D eigenvalue weighted by Gasteiger charge is -2.12. The number of hydrogen-bond acceptors (Lipinski definition) is 4. The average Bonchev–Trinajstić information content (AvgIpc) is 2.69. The summed E-state index contributed by atoms with van der Waals surface area (Å²) in [5.41, 5.74) is 8.98. The molecule has 3 rings (SSSR count). The van der Waals surface area contributed by atoms with Gasteiger partial charge in [-0.3, -0.25) is 9.78 Å². The number of nitrogens with one attached hydrogen (secondary N) is 1. The molecule has 1 amide bonds. The van der Waals surface area contributed by atoms with E-state index in [1.807, 2.05) is 54.6 Å². The Morgan fingerprint density at radius 2 is 1.73 bits per heavy atom. The van der Waals surface area contributed by atoms with Gasteiger partial charge in [0, 0.05) is 28.7 Å². The van der Waals surface area contributed by atoms with Gasteiger partial charge in [0.1, 0.15) is 0 Å². The zero-order valence-electron chi connectivity index (χ0n) is 14.3. The fourth-order valence-electron chi connectivity index (χ4n) is 2.48. The van der Waals surface area contributed by atoms with Crippen molar-refractivity contribution in [1.82, 2.24) is 4.98 Å². The fourth-order valence-corrected chi connectivity index (χ4v) is 3.33. The first-order valence-electron chi connectivity index (χ1n) is 8.43. The van der Waals surface area contributed by atoms with Crippen LogP contribution in [-0.2, 0) is 17.0 Å². The number of benzene rings is 2. The highest BCUT2D eigenvalue weighted by Crippen LogP contribution is 2.24. The lowest BCUT2D eigenvalue weighted by Crippen LogP contribution is -2.37. The van der Waals surface area contributed by atoms with Gasteiger partial charge in [0.05, 0.1) is 6.04 Å². The molecule has 3 aromatic rings. The van der Waals surface area contributed by atoms with Crippen molar-refractivity contribution in [2.45, 2.75) is 23.1 Å². The molecule has 132 valence electrons. The molecule has 0 saturated carbocycles. The van der Waals surface area contributed by atoms with Gasteiger partial charge in [-0.25, -0.2) is 0 Å². The topological polar surface area (TPSA) is 68.0 Å². The molecule has 26 heavy (non-hydrogen) atoms. The molecule has 5 heteroatoms. The largest absolute Gasteiger partial charge is 0.325 e. The molecule has 4 nitrogen and oxygen atoms in total. The second-order valence-electron chi connectivity index (χ2n) is 5.96. The minimum Gasteiger partial charge on any atom is -0.325 e. The molecule has 0 bridgehead atoms. The molecule has 1 heterocycles. The Hall–Kier alpha value is -2.63. The summed E-state index contributed by atoms with van der Waals surface area (Å²) in [6.45, 7) is 0. The molecule has 0 radical (unpaired) electrons. The number of hydrogen-bond donors (Lipinski definition) is 2. The number of carbonyl (C=O) groups is 1. The van der Waals surface area contributed by atoms with Crippen molar-refractivity contribution in [3.8, 4) is 0 Å². The number of nitrogens with two attached hydrogens (primary N) is 1. The Balaban J connectivity index is 1.51. The zero-order chi connectivity index (χ0) is 18.2. The van der Waals surface area contributed by atoms with Gasteiger partial charge < -0.3 is 11.1 Å². The molecule has 2 aromatic carbocycles. The number of aromatic nitrogens is 1.